The van der Waals surface area contributed by atoms with Gasteiger partial charge in [-0.05, 0) is 41.8 Å². The molecule has 0 aliphatic rings. The normalized spacial score (nSPS) is 10.3. The predicted molar refractivity (Wildman–Crippen MR) is 108 cm³/mol. The van der Waals surface area contributed by atoms with Gasteiger partial charge in [-0.2, -0.15) is 0 Å². The highest BCUT2D eigenvalue weighted by Gasteiger charge is 2.09. The maximum Gasteiger partial charge on any atom is 0.257 e. The van der Waals surface area contributed by atoms with Gasteiger partial charge >= 0.3 is 0 Å². The lowest BCUT2D eigenvalue weighted by molar-refractivity contribution is 0.102. The molecule has 0 saturated heterocycles. The Morgan fingerprint density at radius 2 is 1.85 bits per heavy atom. The molecule has 3 aromatic rings. The summed E-state index contributed by atoms with van der Waals surface area (Å²) in [6.07, 6.45) is 4.14. The number of anilines is 2. The lowest BCUT2D eigenvalue weighted by atomic mass is 10.1. The molecule has 0 unspecified atom stereocenters. The van der Waals surface area contributed by atoms with Gasteiger partial charge in [0.15, 0.2) is 0 Å². The second-order valence-corrected chi connectivity index (χ2v) is 6.13. The van der Waals surface area contributed by atoms with Crippen LogP contribution in [0, 0.1) is 0 Å². The van der Waals surface area contributed by atoms with Crippen molar-refractivity contribution >= 4 is 17.3 Å². The number of pyridine rings is 1. The molecular formula is C22H23N3O2. The molecule has 0 atom stereocenters. The number of carbonyl (C=O) groups excluding carboxylic acids is 1. The Morgan fingerprint density at radius 1 is 1.07 bits per heavy atom. The SMILES string of the molecule is CCc1ccccc1NC(=O)c1cncc(NCc2ccc(OC)cc2)c1. The number of ether oxygens (including phenoxy) is 1. The number of aryl methyl sites for hydroxylation is 1. The highest BCUT2D eigenvalue weighted by atomic mass is 16.5. The number of nitrogens with one attached hydrogen (secondary N) is 2. The Balaban J connectivity index is 1.66. The van der Waals surface area contributed by atoms with Crippen LogP contribution in [0.3, 0.4) is 0 Å². The van der Waals surface area contributed by atoms with Crippen LogP contribution in [0.2, 0.25) is 0 Å². The van der Waals surface area contributed by atoms with Crippen molar-refractivity contribution in [2.75, 3.05) is 17.7 Å². The highest BCUT2D eigenvalue weighted by molar-refractivity contribution is 6.04. The Labute approximate surface area is 159 Å². The quantitative estimate of drug-likeness (QED) is 0.650. The van der Waals surface area contributed by atoms with E-state index < -0.39 is 0 Å². The maximum absolute atomic E-state index is 12.6. The minimum atomic E-state index is -0.170. The van der Waals surface area contributed by atoms with E-state index in [4.69, 9.17) is 4.74 Å². The van der Waals surface area contributed by atoms with E-state index in [2.05, 4.69) is 22.5 Å². The number of hydrogen-bond acceptors (Lipinski definition) is 4. The number of carbonyl (C=O) groups is 1. The van der Waals surface area contributed by atoms with E-state index >= 15 is 0 Å². The minimum Gasteiger partial charge on any atom is -0.497 e. The molecule has 0 saturated carbocycles. The van der Waals surface area contributed by atoms with Gasteiger partial charge in [-0.15, -0.1) is 0 Å². The van der Waals surface area contributed by atoms with E-state index in [-0.39, 0.29) is 5.91 Å². The Bertz CT molecular complexity index is 907. The van der Waals surface area contributed by atoms with E-state index in [0.29, 0.717) is 12.1 Å². The van der Waals surface area contributed by atoms with Crippen LogP contribution in [0.15, 0.2) is 67.0 Å². The van der Waals surface area contributed by atoms with Gasteiger partial charge in [-0.1, -0.05) is 37.3 Å². The molecule has 0 aliphatic carbocycles. The molecule has 1 heterocycles. The third-order valence-corrected chi connectivity index (χ3v) is 4.30. The molecule has 5 nitrogen and oxygen atoms in total. The van der Waals surface area contributed by atoms with E-state index in [0.717, 1.165) is 34.7 Å². The number of hydrogen-bond donors (Lipinski definition) is 2. The summed E-state index contributed by atoms with van der Waals surface area (Å²) < 4.78 is 5.16. The van der Waals surface area contributed by atoms with Gasteiger partial charge in [0, 0.05) is 24.6 Å². The first-order valence-electron chi connectivity index (χ1n) is 8.90. The molecule has 0 fully saturated rings. The van der Waals surface area contributed by atoms with Crippen LogP contribution >= 0.6 is 0 Å². The number of amides is 1. The second-order valence-electron chi connectivity index (χ2n) is 6.13. The van der Waals surface area contributed by atoms with Crippen molar-refractivity contribution in [3.8, 4) is 5.75 Å². The molecule has 0 bridgehead atoms. The molecule has 0 radical (unpaired) electrons. The fourth-order valence-electron chi connectivity index (χ4n) is 2.75. The lowest BCUT2D eigenvalue weighted by Crippen LogP contribution is -2.14. The van der Waals surface area contributed by atoms with Gasteiger partial charge < -0.3 is 15.4 Å². The monoisotopic (exact) mass is 361 g/mol. The summed E-state index contributed by atoms with van der Waals surface area (Å²) in [5.74, 6) is 0.656. The number of benzene rings is 2. The van der Waals surface area contributed by atoms with Crippen LogP contribution in [-0.2, 0) is 13.0 Å². The first-order valence-corrected chi connectivity index (χ1v) is 8.90. The smallest absolute Gasteiger partial charge is 0.257 e. The van der Waals surface area contributed by atoms with Crippen LogP contribution < -0.4 is 15.4 Å². The standard InChI is InChI=1S/C22H23N3O2/c1-3-17-6-4-5-7-21(17)25-22(26)18-12-19(15-23-14-18)24-13-16-8-10-20(27-2)11-9-16/h4-12,14-15,24H,3,13H2,1-2H3,(H,25,26). The highest BCUT2D eigenvalue weighted by Crippen LogP contribution is 2.18. The molecule has 1 aromatic heterocycles. The molecule has 5 heteroatoms. The number of para-hydroxylation sites is 1. The van der Waals surface area contributed by atoms with Gasteiger partial charge in [-0.25, -0.2) is 0 Å². The zero-order valence-corrected chi connectivity index (χ0v) is 15.5. The Kier molecular flexibility index (Phi) is 6.05. The average Bonchev–Trinajstić information content (AvgIpc) is 2.73. The minimum absolute atomic E-state index is 0.170. The molecule has 1 amide bonds. The Morgan fingerprint density at radius 3 is 2.59 bits per heavy atom. The van der Waals surface area contributed by atoms with Gasteiger partial charge in [0.25, 0.3) is 5.91 Å². The van der Waals surface area contributed by atoms with Crippen molar-refractivity contribution < 1.29 is 9.53 Å². The second kappa shape index (κ2) is 8.85. The van der Waals surface area contributed by atoms with E-state index in [1.165, 1.54) is 0 Å². The van der Waals surface area contributed by atoms with Crippen LogP contribution in [0.25, 0.3) is 0 Å². The topological polar surface area (TPSA) is 63.2 Å². The number of nitrogens with zero attached hydrogens (tertiary/aromatic N) is 1. The molecule has 2 N–H and O–H groups in total. The largest absolute Gasteiger partial charge is 0.497 e. The van der Waals surface area contributed by atoms with Crippen molar-refractivity contribution in [3.05, 3.63) is 83.7 Å². The van der Waals surface area contributed by atoms with Crippen molar-refractivity contribution in [2.24, 2.45) is 0 Å². The number of aromatic nitrogens is 1. The van der Waals surface area contributed by atoms with E-state index in [9.17, 15) is 4.79 Å². The molecule has 0 spiro atoms. The van der Waals surface area contributed by atoms with Gasteiger partial charge in [0.05, 0.1) is 18.4 Å². The van der Waals surface area contributed by atoms with Crippen LogP contribution in [0.5, 0.6) is 5.75 Å². The average molecular weight is 361 g/mol. The fraction of sp³-hybridized carbons (Fsp3) is 0.182. The molecule has 0 aliphatic heterocycles. The van der Waals surface area contributed by atoms with Gasteiger partial charge in [0.1, 0.15) is 5.75 Å². The van der Waals surface area contributed by atoms with Crippen LogP contribution in [0.1, 0.15) is 28.4 Å². The fourth-order valence-corrected chi connectivity index (χ4v) is 2.75. The summed E-state index contributed by atoms with van der Waals surface area (Å²) >= 11 is 0. The van der Waals surface area contributed by atoms with Gasteiger partial charge in [0.2, 0.25) is 0 Å². The van der Waals surface area contributed by atoms with Crippen molar-refractivity contribution in [1.82, 2.24) is 4.98 Å². The number of rotatable bonds is 7. The Hall–Kier alpha value is -3.34. The third kappa shape index (κ3) is 4.85. The summed E-state index contributed by atoms with van der Waals surface area (Å²) in [5.41, 5.74) is 4.36. The maximum atomic E-state index is 12.6. The summed E-state index contributed by atoms with van der Waals surface area (Å²) in [4.78, 5) is 16.8. The first-order chi connectivity index (χ1) is 13.2. The molecule has 138 valence electrons. The molecule has 3 rings (SSSR count). The molecule has 27 heavy (non-hydrogen) atoms. The molecular weight excluding hydrogens is 338 g/mol. The van der Waals surface area contributed by atoms with Crippen LogP contribution in [-0.4, -0.2) is 18.0 Å². The van der Waals surface area contributed by atoms with Crippen molar-refractivity contribution in [2.45, 2.75) is 19.9 Å². The van der Waals surface area contributed by atoms with E-state index in [1.54, 1.807) is 25.6 Å². The predicted octanol–water partition coefficient (Wildman–Crippen LogP) is 4.52. The van der Waals surface area contributed by atoms with Crippen LogP contribution in [0.4, 0.5) is 11.4 Å². The third-order valence-electron chi connectivity index (χ3n) is 4.30. The zero-order valence-electron chi connectivity index (χ0n) is 15.5. The lowest BCUT2D eigenvalue weighted by Gasteiger charge is -2.11. The van der Waals surface area contributed by atoms with Gasteiger partial charge in [-0.3, -0.25) is 9.78 Å². The number of methoxy groups -OCH3 is 1. The zero-order chi connectivity index (χ0) is 19.1. The summed E-state index contributed by atoms with van der Waals surface area (Å²) in [7, 11) is 1.65. The van der Waals surface area contributed by atoms with Crippen molar-refractivity contribution in [1.29, 1.82) is 0 Å². The van der Waals surface area contributed by atoms with E-state index in [1.807, 2.05) is 48.5 Å². The van der Waals surface area contributed by atoms with Crippen molar-refractivity contribution in [3.63, 3.8) is 0 Å². The first kappa shape index (κ1) is 18.5. The summed E-state index contributed by atoms with van der Waals surface area (Å²) in [5, 5.41) is 6.27. The summed E-state index contributed by atoms with van der Waals surface area (Å²) in [6.45, 7) is 2.70. The molecule has 2 aromatic carbocycles. The summed E-state index contributed by atoms with van der Waals surface area (Å²) in [6, 6.07) is 17.5.